The summed E-state index contributed by atoms with van der Waals surface area (Å²) in [7, 11) is 0. The normalized spacial score (nSPS) is 15.4. The SMILES string of the molecule is CCC(C)NC(=O)C(C)Oc1ccc([C@@H](C)O)cc1. The van der Waals surface area contributed by atoms with Crippen molar-refractivity contribution in [2.75, 3.05) is 0 Å². The fraction of sp³-hybridized carbons (Fsp3) is 0.533. The fourth-order valence-corrected chi connectivity index (χ4v) is 1.54. The van der Waals surface area contributed by atoms with E-state index in [9.17, 15) is 9.90 Å². The average Bonchev–Trinajstić information content (AvgIpc) is 2.38. The van der Waals surface area contributed by atoms with Gasteiger partial charge >= 0.3 is 0 Å². The minimum atomic E-state index is -0.536. The Hall–Kier alpha value is -1.55. The first-order chi connectivity index (χ1) is 8.93. The third-order valence-electron chi connectivity index (χ3n) is 3.05. The predicted molar refractivity (Wildman–Crippen MR) is 75.1 cm³/mol. The highest BCUT2D eigenvalue weighted by Gasteiger charge is 2.16. The van der Waals surface area contributed by atoms with Gasteiger partial charge in [0.05, 0.1) is 6.10 Å². The lowest BCUT2D eigenvalue weighted by Gasteiger charge is -2.18. The summed E-state index contributed by atoms with van der Waals surface area (Å²) in [5.41, 5.74) is 0.823. The van der Waals surface area contributed by atoms with Gasteiger partial charge in [0.1, 0.15) is 5.75 Å². The summed E-state index contributed by atoms with van der Waals surface area (Å²) >= 11 is 0. The van der Waals surface area contributed by atoms with Gasteiger partial charge in [-0.2, -0.15) is 0 Å². The maximum absolute atomic E-state index is 11.8. The maximum Gasteiger partial charge on any atom is 0.260 e. The molecule has 0 aliphatic heterocycles. The molecule has 0 aliphatic carbocycles. The molecule has 1 aromatic carbocycles. The van der Waals surface area contributed by atoms with Crippen LogP contribution in [0.15, 0.2) is 24.3 Å². The molecule has 0 radical (unpaired) electrons. The number of benzene rings is 1. The van der Waals surface area contributed by atoms with E-state index in [0.29, 0.717) is 5.75 Å². The second-order valence-corrected chi connectivity index (χ2v) is 4.82. The Morgan fingerprint density at radius 1 is 1.26 bits per heavy atom. The Kier molecular flexibility index (Phi) is 5.83. The van der Waals surface area contributed by atoms with Crippen LogP contribution in [-0.4, -0.2) is 23.2 Å². The van der Waals surface area contributed by atoms with E-state index in [1.54, 1.807) is 38.1 Å². The predicted octanol–water partition coefficient (Wildman–Crippen LogP) is 2.42. The van der Waals surface area contributed by atoms with Gasteiger partial charge in [-0.15, -0.1) is 0 Å². The van der Waals surface area contributed by atoms with Crippen molar-refractivity contribution in [1.29, 1.82) is 0 Å². The van der Waals surface area contributed by atoms with Crippen molar-refractivity contribution in [2.45, 2.75) is 52.4 Å². The molecule has 2 N–H and O–H groups in total. The minimum Gasteiger partial charge on any atom is -0.481 e. The molecule has 0 aromatic heterocycles. The van der Waals surface area contributed by atoms with Gasteiger partial charge in [-0.05, 0) is 44.9 Å². The van der Waals surface area contributed by atoms with E-state index >= 15 is 0 Å². The van der Waals surface area contributed by atoms with E-state index in [1.807, 2.05) is 13.8 Å². The lowest BCUT2D eigenvalue weighted by molar-refractivity contribution is -0.127. The molecular formula is C15H23NO3. The van der Waals surface area contributed by atoms with Crippen molar-refractivity contribution in [3.8, 4) is 5.75 Å². The molecule has 3 atom stereocenters. The molecule has 0 fully saturated rings. The first-order valence-corrected chi connectivity index (χ1v) is 6.69. The van der Waals surface area contributed by atoms with Crippen LogP contribution < -0.4 is 10.1 Å². The standard InChI is InChI=1S/C15H23NO3/c1-5-10(2)16-15(18)12(4)19-14-8-6-13(7-9-14)11(3)17/h6-12,17H,5H2,1-4H3,(H,16,18)/t10?,11-,12?/m1/s1. The summed E-state index contributed by atoms with van der Waals surface area (Å²) in [4.78, 5) is 11.8. The van der Waals surface area contributed by atoms with E-state index in [4.69, 9.17) is 4.74 Å². The van der Waals surface area contributed by atoms with Gasteiger partial charge in [0, 0.05) is 6.04 Å². The van der Waals surface area contributed by atoms with Crippen LogP contribution in [0.3, 0.4) is 0 Å². The maximum atomic E-state index is 11.8. The van der Waals surface area contributed by atoms with Gasteiger partial charge in [0.25, 0.3) is 5.91 Å². The molecule has 0 aliphatic rings. The van der Waals surface area contributed by atoms with E-state index < -0.39 is 12.2 Å². The molecule has 0 bridgehead atoms. The quantitative estimate of drug-likeness (QED) is 0.830. The molecule has 1 amide bonds. The molecule has 106 valence electrons. The van der Waals surface area contributed by atoms with Gasteiger partial charge < -0.3 is 15.2 Å². The molecular weight excluding hydrogens is 242 g/mol. The van der Waals surface area contributed by atoms with Crippen LogP contribution in [0.2, 0.25) is 0 Å². The summed E-state index contributed by atoms with van der Waals surface area (Å²) in [6, 6.07) is 7.25. The van der Waals surface area contributed by atoms with Crippen LogP contribution in [0, 0.1) is 0 Å². The highest BCUT2D eigenvalue weighted by atomic mass is 16.5. The number of hydrogen-bond acceptors (Lipinski definition) is 3. The number of aliphatic hydroxyl groups is 1. The van der Waals surface area contributed by atoms with Crippen molar-refractivity contribution in [2.24, 2.45) is 0 Å². The minimum absolute atomic E-state index is 0.117. The lowest BCUT2D eigenvalue weighted by atomic mass is 10.1. The Balaban J connectivity index is 2.56. The molecule has 2 unspecified atom stereocenters. The Morgan fingerprint density at radius 3 is 2.32 bits per heavy atom. The zero-order valence-corrected chi connectivity index (χ0v) is 12.0. The number of ether oxygens (including phenoxy) is 1. The van der Waals surface area contributed by atoms with Crippen LogP contribution in [0.25, 0.3) is 0 Å². The molecule has 0 saturated carbocycles. The number of carbonyl (C=O) groups excluding carboxylic acids is 1. The van der Waals surface area contributed by atoms with Gasteiger partial charge in [0.2, 0.25) is 0 Å². The largest absolute Gasteiger partial charge is 0.481 e. The van der Waals surface area contributed by atoms with E-state index in [-0.39, 0.29) is 11.9 Å². The molecule has 1 aromatic rings. The smallest absolute Gasteiger partial charge is 0.260 e. The van der Waals surface area contributed by atoms with Crippen LogP contribution >= 0.6 is 0 Å². The molecule has 4 nitrogen and oxygen atoms in total. The van der Waals surface area contributed by atoms with Crippen molar-refractivity contribution in [3.05, 3.63) is 29.8 Å². The van der Waals surface area contributed by atoms with E-state index in [0.717, 1.165) is 12.0 Å². The Labute approximate surface area is 114 Å². The summed E-state index contributed by atoms with van der Waals surface area (Å²) in [5, 5.41) is 12.3. The average molecular weight is 265 g/mol. The van der Waals surface area contributed by atoms with Gasteiger partial charge in [-0.3, -0.25) is 4.79 Å². The molecule has 1 rings (SSSR count). The summed E-state index contributed by atoms with van der Waals surface area (Å²) in [6.45, 7) is 7.41. The number of carbonyl (C=O) groups is 1. The molecule has 0 saturated heterocycles. The van der Waals surface area contributed by atoms with Crippen LogP contribution in [-0.2, 0) is 4.79 Å². The van der Waals surface area contributed by atoms with Crippen molar-refractivity contribution in [3.63, 3.8) is 0 Å². The third kappa shape index (κ3) is 4.91. The lowest BCUT2D eigenvalue weighted by Crippen LogP contribution is -2.40. The number of aliphatic hydroxyl groups excluding tert-OH is 1. The van der Waals surface area contributed by atoms with E-state index in [2.05, 4.69) is 5.32 Å². The van der Waals surface area contributed by atoms with Crippen LogP contribution in [0.1, 0.15) is 45.8 Å². The van der Waals surface area contributed by atoms with Gasteiger partial charge in [-0.25, -0.2) is 0 Å². The van der Waals surface area contributed by atoms with Crippen molar-refractivity contribution in [1.82, 2.24) is 5.32 Å². The molecule has 0 spiro atoms. The van der Waals surface area contributed by atoms with Crippen molar-refractivity contribution >= 4 is 5.91 Å². The Morgan fingerprint density at radius 2 is 1.84 bits per heavy atom. The zero-order valence-electron chi connectivity index (χ0n) is 12.0. The monoisotopic (exact) mass is 265 g/mol. The summed E-state index contributed by atoms with van der Waals surface area (Å²) in [6.07, 6.45) is -0.145. The summed E-state index contributed by atoms with van der Waals surface area (Å²) in [5.74, 6) is 0.505. The first-order valence-electron chi connectivity index (χ1n) is 6.69. The fourth-order valence-electron chi connectivity index (χ4n) is 1.54. The molecule has 19 heavy (non-hydrogen) atoms. The van der Waals surface area contributed by atoms with Crippen LogP contribution in [0.5, 0.6) is 5.75 Å². The number of rotatable bonds is 6. The van der Waals surface area contributed by atoms with E-state index in [1.165, 1.54) is 0 Å². The highest BCUT2D eigenvalue weighted by Crippen LogP contribution is 2.18. The van der Waals surface area contributed by atoms with Gasteiger partial charge in [-0.1, -0.05) is 19.1 Å². The van der Waals surface area contributed by atoms with Gasteiger partial charge in [0.15, 0.2) is 6.10 Å². The number of hydrogen-bond donors (Lipinski definition) is 2. The second-order valence-electron chi connectivity index (χ2n) is 4.82. The highest BCUT2D eigenvalue weighted by molar-refractivity contribution is 5.80. The first kappa shape index (κ1) is 15.5. The zero-order chi connectivity index (χ0) is 14.4. The number of amides is 1. The number of nitrogens with one attached hydrogen (secondary N) is 1. The van der Waals surface area contributed by atoms with Crippen molar-refractivity contribution < 1.29 is 14.6 Å². The molecule has 4 heteroatoms. The van der Waals surface area contributed by atoms with Crippen LogP contribution in [0.4, 0.5) is 0 Å². The third-order valence-corrected chi connectivity index (χ3v) is 3.05. The topological polar surface area (TPSA) is 58.6 Å². The second kappa shape index (κ2) is 7.14. The molecule has 0 heterocycles. The Bertz CT molecular complexity index is 400. The summed E-state index contributed by atoms with van der Waals surface area (Å²) < 4.78 is 5.56.